The first kappa shape index (κ1) is 40.9. The molecule has 17 heteroatoms. The van der Waals surface area contributed by atoms with Crippen molar-refractivity contribution >= 4 is 41.5 Å². The highest BCUT2D eigenvalue weighted by molar-refractivity contribution is 5.97. The van der Waals surface area contributed by atoms with E-state index in [0.717, 1.165) is 0 Å². The van der Waals surface area contributed by atoms with Crippen LogP contribution in [-0.2, 0) is 46.4 Å². The van der Waals surface area contributed by atoms with Crippen molar-refractivity contribution in [2.45, 2.75) is 82.2 Å². The van der Waals surface area contributed by atoms with Gasteiger partial charge in [-0.3, -0.25) is 28.8 Å². The van der Waals surface area contributed by atoms with Crippen molar-refractivity contribution in [3.63, 3.8) is 0 Å². The number of likely N-dealkylation sites (tertiary alicyclic amines) is 1. The highest BCUT2D eigenvalue weighted by atomic mass is 16.4. The Balaban J connectivity index is 1.86. The van der Waals surface area contributed by atoms with E-state index in [-0.39, 0.29) is 31.6 Å². The van der Waals surface area contributed by atoms with Gasteiger partial charge < -0.3 is 52.3 Å². The smallest absolute Gasteiger partial charge is 0.326 e. The number of benzene rings is 2. The van der Waals surface area contributed by atoms with Gasteiger partial charge in [0.1, 0.15) is 42.0 Å². The third kappa shape index (κ3) is 11.8. The molecule has 2 aromatic carbocycles. The summed E-state index contributed by atoms with van der Waals surface area (Å²) in [5.74, 6) is -7.52. The molecule has 3 rings (SSSR count). The number of nitrogens with two attached hydrogens (primary N) is 1. The Kier molecular flexibility index (Phi) is 15.1. The quantitative estimate of drug-likeness (QED) is 0.0862. The van der Waals surface area contributed by atoms with Crippen LogP contribution in [0.1, 0.15) is 44.2 Å². The minimum absolute atomic E-state index is 0.0155. The topological polar surface area (TPSA) is 278 Å². The van der Waals surface area contributed by atoms with E-state index in [9.17, 15) is 54.0 Å². The molecule has 0 unspecified atom stereocenters. The standard InChI is InChI=1S/C35H46N6O11/c1-19(2)29(35(51)52)40-32(48)25(17-28(44)45)37-31(47)24(15-20-7-4-3-5-8-20)38-33(49)27-9-6-14-41(27)34(50)26(39-30(46)23(36)18-42)16-21-10-12-22(43)13-11-21/h3-5,7-8,10-13,19,23-27,29,42-43H,6,9,14-18,36H2,1-2H3,(H,37,47)(H,38,49)(H,39,46)(H,40,48)(H,44,45)(H,51,52)/t23-,24-,25-,26-,27-,29-/m0/s1. The lowest BCUT2D eigenvalue weighted by molar-refractivity contribution is -0.144. The molecule has 1 heterocycles. The van der Waals surface area contributed by atoms with E-state index in [1.807, 2.05) is 0 Å². The van der Waals surface area contributed by atoms with E-state index in [0.29, 0.717) is 17.5 Å². The lowest BCUT2D eigenvalue weighted by atomic mass is 10.0. The lowest BCUT2D eigenvalue weighted by Crippen LogP contribution is -2.60. The number of hydrogen-bond donors (Lipinski definition) is 9. The summed E-state index contributed by atoms with van der Waals surface area (Å²) < 4.78 is 0. The van der Waals surface area contributed by atoms with Gasteiger partial charge in [-0.1, -0.05) is 56.3 Å². The Morgan fingerprint density at radius 3 is 1.94 bits per heavy atom. The molecule has 282 valence electrons. The number of phenolic OH excluding ortho intramolecular Hbond substituents is 1. The van der Waals surface area contributed by atoms with Crippen molar-refractivity contribution in [3.8, 4) is 5.75 Å². The van der Waals surface area contributed by atoms with Crippen molar-refractivity contribution in [3.05, 3.63) is 65.7 Å². The molecule has 6 atom stereocenters. The van der Waals surface area contributed by atoms with Crippen LogP contribution in [0.15, 0.2) is 54.6 Å². The van der Waals surface area contributed by atoms with Gasteiger partial charge in [0.2, 0.25) is 29.5 Å². The maximum Gasteiger partial charge on any atom is 0.326 e. The normalized spacial score (nSPS) is 16.9. The average molecular weight is 727 g/mol. The average Bonchev–Trinajstić information content (AvgIpc) is 3.60. The second-order valence-corrected chi connectivity index (χ2v) is 12.9. The molecule has 52 heavy (non-hydrogen) atoms. The third-order valence-corrected chi connectivity index (χ3v) is 8.52. The molecule has 0 saturated carbocycles. The van der Waals surface area contributed by atoms with E-state index < -0.39 is 96.7 Å². The van der Waals surface area contributed by atoms with Gasteiger partial charge in [0.15, 0.2) is 0 Å². The lowest BCUT2D eigenvalue weighted by Gasteiger charge is -2.30. The van der Waals surface area contributed by atoms with Crippen LogP contribution < -0.4 is 27.0 Å². The van der Waals surface area contributed by atoms with Crippen LogP contribution in [-0.4, -0.2) is 116 Å². The number of aliphatic hydroxyl groups excluding tert-OH is 1. The van der Waals surface area contributed by atoms with Crippen LogP contribution in [0.2, 0.25) is 0 Å². The Bertz CT molecular complexity index is 1590. The number of carboxylic acid groups (broad SMARTS) is 2. The van der Waals surface area contributed by atoms with Crippen molar-refractivity contribution in [2.75, 3.05) is 13.2 Å². The van der Waals surface area contributed by atoms with Gasteiger partial charge >= 0.3 is 11.9 Å². The number of nitrogens with one attached hydrogen (secondary N) is 4. The molecule has 0 bridgehead atoms. The van der Waals surface area contributed by atoms with Crippen molar-refractivity contribution in [1.29, 1.82) is 0 Å². The van der Waals surface area contributed by atoms with Crippen LogP contribution in [0.3, 0.4) is 0 Å². The Morgan fingerprint density at radius 1 is 0.788 bits per heavy atom. The number of hydrogen-bond acceptors (Lipinski definition) is 10. The van der Waals surface area contributed by atoms with E-state index in [4.69, 9.17) is 5.73 Å². The number of amides is 5. The first-order valence-corrected chi connectivity index (χ1v) is 16.8. The summed E-state index contributed by atoms with van der Waals surface area (Å²) in [5.41, 5.74) is 6.85. The van der Waals surface area contributed by atoms with Crippen LogP contribution in [0.4, 0.5) is 0 Å². The number of rotatable bonds is 18. The number of carboxylic acids is 2. The zero-order valence-electron chi connectivity index (χ0n) is 28.9. The van der Waals surface area contributed by atoms with E-state index >= 15 is 0 Å². The van der Waals surface area contributed by atoms with Crippen LogP contribution in [0.5, 0.6) is 5.75 Å². The van der Waals surface area contributed by atoms with Crippen LogP contribution in [0.25, 0.3) is 0 Å². The van der Waals surface area contributed by atoms with Crippen LogP contribution in [0, 0.1) is 5.92 Å². The van der Waals surface area contributed by atoms with E-state index in [1.165, 1.54) is 17.0 Å². The number of aliphatic carboxylic acids is 2. The first-order chi connectivity index (χ1) is 24.6. The largest absolute Gasteiger partial charge is 0.508 e. The Labute approximate surface area is 299 Å². The number of carbonyl (C=O) groups is 7. The zero-order chi connectivity index (χ0) is 38.5. The van der Waals surface area contributed by atoms with Gasteiger partial charge in [-0.2, -0.15) is 0 Å². The van der Waals surface area contributed by atoms with Crippen molar-refractivity contribution in [1.82, 2.24) is 26.2 Å². The SMILES string of the molecule is CC(C)[C@H](NC(=O)[C@H](CC(=O)O)NC(=O)[C@H](Cc1ccccc1)NC(=O)[C@@H]1CCCN1C(=O)[C@H](Cc1ccc(O)cc1)NC(=O)[C@@H](N)CO)C(=O)O. The fourth-order valence-corrected chi connectivity index (χ4v) is 5.68. The van der Waals surface area contributed by atoms with Gasteiger partial charge in [0.05, 0.1) is 13.0 Å². The Hall–Kier alpha value is -5.55. The van der Waals surface area contributed by atoms with E-state index in [2.05, 4.69) is 21.3 Å². The summed E-state index contributed by atoms with van der Waals surface area (Å²) >= 11 is 0. The second kappa shape index (κ2) is 19.2. The second-order valence-electron chi connectivity index (χ2n) is 12.9. The molecule has 2 aromatic rings. The fraction of sp³-hybridized carbons (Fsp3) is 0.457. The summed E-state index contributed by atoms with van der Waals surface area (Å²) in [6.45, 7) is 2.53. The molecule has 0 radical (unpaired) electrons. The number of nitrogens with zero attached hydrogens (tertiary/aromatic N) is 1. The summed E-state index contributed by atoms with van der Waals surface area (Å²) in [6.07, 6.45) is -0.421. The zero-order valence-corrected chi connectivity index (χ0v) is 28.9. The number of aromatic hydroxyl groups is 1. The molecule has 10 N–H and O–H groups in total. The molecule has 0 aliphatic carbocycles. The predicted octanol–water partition coefficient (Wildman–Crippen LogP) is -1.36. The highest BCUT2D eigenvalue weighted by Gasteiger charge is 2.40. The van der Waals surface area contributed by atoms with Gasteiger partial charge in [-0.15, -0.1) is 0 Å². The monoisotopic (exact) mass is 726 g/mol. The summed E-state index contributed by atoms with van der Waals surface area (Å²) in [6, 6.07) is 6.36. The molecule has 17 nitrogen and oxygen atoms in total. The summed E-state index contributed by atoms with van der Waals surface area (Å²) in [7, 11) is 0. The number of carbonyl (C=O) groups excluding carboxylic acids is 5. The molecule has 1 aliphatic rings. The molecule has 1 fully saturated rings. The van der Waals surface area contributed by atoms with E-state index in [1.54, 1.807) is 56.3 Å². The first-order valence-electron chi connectivity index (χ1n) is 16.8. The minimum Gasteiger partial charge on any atom is -0.508 e. The van der Waals surface area contributed by atoms with Gasteiger partial charge in [0.25, 0.3) is 0 Å². The Morgan fingerprint density at radius 2 is 1.37 bits per heavy atom. The minimum atomic E-state index is -1.69. The van der Waals surface area contributed by atoms with Crippen molar-refractivity contribution < 1.29 is 54.0 Å². The molecular weight excluding hydrogens is 680 g/mol. The molecule has 0 aromatic heterocycles. The molecule has 5 amide bonds. The maximum atomic E-state index is 14.0. The predicted molar refractivity (Wildman–Crippen MR) is 184 cm³/mol. The molecule has 1 aliphatic heterocycles. The van der Waals surface area contributed by atoms with Gasteiger partial charge in [-0.05, 0) is 42.0 Å². The van der Waals surface area contributed by atoms with Crippen molar-refractivity contribution in [2.24, 2.45) is 11.7 Å². The third-order valence-electron chi connectivity index (χ3n) is 8.52. The molecule has 1 saturated heterocycles. The van der Waals surface area contributed by atoms with Gasteiger partial charge in [0, 0.05) is 19.4 Å². The maximum absolute atomic E-state index is 14.0. The number of phenols is 1. The molecular formula is C35H46N6O11. The van der Waals surface area contributed by atoms with Crippen LogP contribution >= 0.6 is 0 Å². The summed E-state index contributed by atoms with van der Waals surface area (Å²) in [4.78, 5) is 91.9. The fourth-order valence-electron chi connectivity index (χ4n) is 5.68. The highest BCUT2D eigenvalue weighted by Crippen LogP contribution is 2.21. The summed E-state index contributed by atoms with van der Waals surface area (Å²) in [5, 5.41) is 47.8. The van der Waals surface area contributed by atoms with Gasteiger partial charge in [-0.25, -0.2) is 4.79 Å². The molecule has 0 spiro atoms. The number of aliphatic hydroxyl groups is 1.